The minimum atomic E-state index is 0.0992. The quantitative estimate of drug-likeness (QED) is 0.230. The van der Waals surface area contributed by atoms with Crippen molar-refractivity contribution < 1.29 is 23.7 Å². The second kappa shape index (κ2) is 16.1. The Labute approximate surface area is 242 Å². The fourth-order valence-corrected chi connectivity index (χ4v) is 4.37. The van der Waals surface area contributed by atoms with E-state index in [0.717, 1.165) is 41.5 Å². The topological polar surface area (TPSA) is 69.3 Å². The van der Waals surface area contributed by atoms with Crippen LogP contribution in [0.4, 0.5) is 5.69 Å². The maximum absolute atomic E-state index is 11.9. The average Bonchev–Trinajstić information content (AvgIpc) is 3.04. The highest BCUT2D eigenvalue weighted by atomic mass is 16.5. The molecular formula is C34H38N2O5. The number of para-hydroxylation sites is 1. The van der Waals surface area contributed by atoms with Crippen molar-refractivity contribution in [2.75, 3.05) is 52.0 Å². The van der Waals surface area contributed by atoms with E-state index in [9.17, 15) is 4.79 Å². The molecule has 0 spiro atoms. The normalized spacial score (nSPS) is 12.7. The number of hydrogen-bond acceptors (Lipinski definition) is 6. The number of carbonyl (C=O) groups excluding carboxylic acids is 1. The summed E-state index contributed by atoms with van der Waals surface area (Å²) < 4.78 is 21.9. The van der Waals surface area contributed by atoms with Gasteiger partial charge in [-0.15, -0.1) is 0 Å². The number of amides is 1. The van der Waals surface area contributed by atoms with E-state index in [-0.39, 0.29) is 5.91 Å². The zero-order valence-corrected chi connectivity index (χ0v) is 23.8. The van der Waals surface area contributed by atoms with E-state index in [4.69, 9.17) is 18.9 Å². The van der Waals surface area contributed by atoms with E-state index in [1.54, 1.807) is 19.1 Å². The summed E-state index contributed by atoms with van der Waals surface area (Å²) in [5.41, 5.74) is 4.40. The van der Waals surface area contributed by atoms with Crippen LogP contribution in [0.5, 0.6) is 17.2 Å². The van der Waals surface area contributed by atoms with Crippen molar-refractivity contribution in [3.63, 3.8) is 0 Å². The summed E-state index contributed by atoms with van der Waals surface area (Å²) in [4.78, 5) is 13.7. The van der Waals surface area contributed by atoms with Crippen LogP contribution in [0.1, 0.15) is 12.0 Å². The molecule has 41 heavy (non-hydrogen) atoms. The lowest BCUT2D eigenvalue weighted by atomic mass is 10.1. The number of ether oxygens (including phenoxy) is 4. The first-order valence-electron chi connectivity index (χ1n) is 13.8. The number of rotatable bonds is 11. The molecule has 4 aromatic rings. The maximum Gasteiger partial charge on any atom is 0.240 e. The molecule has 0 radical (unpaired) electrons. The monoisotopic (exact) mass is 554 g/mol. The maximum atomic E-state index is 11.9. The smallest absolute Gasteiger partial charge is 0.240 e. The third-order valence-electron chi connectivity index (χ3n) is 6.59. The van der Waals surface area contributed by atoms with Gasteiger partial charge >= 0.3 is 0 Å². The minimum Gasteiger partial charge on any atom is -0.497 e. The molecule has 1 aliphatic rings. The summed E-state index contributed by atoms with van der Waals surface area (Å²) in [6.07, 6.45) is 0.799. The van der Waals surface area contributed by atoms with Crippen molar-refractivity contribution in [2.24, 2.45) is 0 Å². The number of carbonyl (C=O) groups is 1. The van der Waals surface area contributed by atoms with Gasteiger partial charge < -0.3 is 29.2 Å². The fraction of sp³-hybridized carbons (Fsp3) is 0.265. The third-order valence-corrected chi connectivity index (χ3v) is 6.59. The van der Waals surface area contributed by atoms with E-state index in [1.165, 1.54) is 11.1 Å². The summed E-state index contributed by atoms with van der Waals surface area (Å²) in [6, 6.07) is 33.9. The van der Waals surface area contributed by atoms with E-state index in [2.05, 4.69) is 29.6 Å². The number of methoxy groups -OCH3 is 2. The van der Waals surface area contributed by atoms with Crippen LogP contribution in [-0.4, -0.2) is 53.0 Å². The van der Waals surface area contributed by atoms with Gasteiger partial charge in [0.05, 0.1) is 40.6 Å². The highest BCUT2D eigenvalue weighted by Crippen LogP contribution is 2.22. The van der Waals surface area contributed by atoms with Crippen LogP contribution >= 0.6 is 0 Å². The Morgan fingerprint density at radius 1 is 0.732 bits per heavy atom. The van der Waals surface area contributed by atoms with Crippen LogP contribution in [0.3, 0.4) is 0 Å². The van der Waals surface area contributed by atoms with E-state index < -0.39 is 0 Å². The predicted octanol–water partition coefficient (Wildman–Crippen LogP) is 5.98. The lowest BCUT2D eigenvalue weighted by Gasteiger charge is -2.27. The lowest BCUT2D eigenvalue weighted by molar-refractivity contribution is -0.118. The summed E-state index contributed by atoms with van der Waals surface area (Å²) in [5.74, 6) is 2.63. The van der Waals surface area contributed by atoms with E-state index in [1.807, 2.05) is 78.9 Å². The molecule has 1 aliphatic heterocycles. The molecule has 214 valence electrons. The molecule has 1 fully saturated rings. The van der Waals surface area contributed by atoms with E-state index >= 15 is 0 Å². The molecule has 0 saturated carbocycles. The molecule has 0 atom stereocenters. The predicted molar refractivity (Wildman–Crippen MR) is 163 cm³/mol. The summed E-state index contributed by atoms with van der Waals surface area (Å²) >= 11 is 0. The largest absolute Gasteiger partial charge is 0.497 e. The molecule has 0 unspecified atom stereocenters. The summed E-state index contributed by atoms with van der Waals surface area (Å²) in [6.45, 7) is 3.63. The molecule has 1 amide bonds. The number of nitrogens with one attached hydrogen (secondary N) is 1. The van der Waals surface area contributed by atoms with Crippen LogP contribution in [0, 0.1) is 0 Å². The fourth-order valence-electron chi connectivity index (χ4n) is 4.37. The Bertz CT molecular complexity index is 1330. The van der Waals surface area contributed by atoms with Gasteiger partial charge in [-0.25, -0.2) is 0 Å². The van der Waals surface area contributed by atoms with Crippen molar-refractivity contribution in [1.29, 1.82) is 0 Å². The molecule has 7 nitrogen and oxygen atoms in total. The van der Waals surface area contributed by atoms with Gasteiger partial charge in [0.25, 0.3) is 0 Å². The molecule has 1 heterocycles. The Balaban J connectivity index is 0.000000231. The highest BCUT2D eigenvalue weighted by Gasteiger charge is 2.18. The number of piperazine rings is 1. The minimum absolute atomic E-state index is 0.0992. The van der Waals surface area contributed by atoms with Gasteiger partial charge in [0.1, 0.15) is 17.2 Å². The van der Waals surface area contributed by atoms with Crippen LogP contribution in [0.25, 0.3) is 11.1 Å². The lowest BCUT2D eigenvalue weighted by Crippen LogP contribution is -2.48. The first-order chi connectivity index (χ1) is 20.2. The van der Waals surface area contributed by atoms with Gasteiger partial charge in [-0.1, -0.05) is 60.7 Å². The molecule has 5 rings (SSSR count). The van der Waals surface area contributed by atoms with Crippen molar-refractivity contribution >= 4 is 11.6 Å². The highest BCUT2D eigenvalue weighted by molar-refractivity contribution is 5.95. The van der Waals surface area contributed by atoms with Gasteiger partial charge in [-0.2, -0.15) is 0 Å². The SMILES string of the molecule is COc1ccc(-c2ccccc2)cc1.COc1ccccc1COCCCOc1ccc(N2CCNCC2=O)cc1. The molecule has 7 heteroatoms. The Kier molecular flexibility index (Phi) is 11.6. The first kappa shape index (κ1) is 29.6. The molecule has 1 saturated heterocycles. The Morgan fingerprint density at radius 3 is 2.12 bits per heavy atom. The first-order valence-corrected chi connectivity index (χ1v) is 13.8. The van der Waals surface area contributed by atoms with Gasteiger partial charge in [-0.3, -0.25) is 4.79 Å². The van der Waals surface area contributed by atoms with Crippen molar-refractivity contribution in [3.8, 4) is 28.4 Å². The Morgan fingerprint density at radius 2 is 1.41 bits per heavy atom. The molecule has 4 aromatic carbocycles. The molecule has 0 aromatic heterocycles. The Hall–Kier alpha value is -4.33. The number of anilines is 1. The number of benzene rings is 4. The summed E-state index contributed by atoms with van der Waals surface area (Å²) in [7, 11) is 3.34. The van der Waals surface area contributed by atoms with Crippen molar-refractivity contribution in [2.45, 2.75) is 13.0 Å². The van der Waals surface area contributed by atoms with Crippen LogP contribution in [-0.2, 0) is 16.1 Å². The number of hydrogen-bond donors (Lipinski definition) is 1. The third kappa shape index (κ3) is 9.10. The van der Waals surface area contributed by atoms with Crippen LogP contribution < -0.4 is 24.4 Å². The van der Waals surface area contributed by atoms with Crippen LogP contribution in [0.15, 0.2) is 103 Å². The molecule has 0 bridgehead atoms. The molecule has 0 aliphatic carbocycles. The molecule has 1 N–H and O–H groups in total. The van der Waals surface area contributed by atoms with Crippen LogP contribution in [0.2, 0.25) is 0 Å². The molecular weight excluding hydrogens is 516 g/mol. The second-order valence-electron chi connectivity index (χ2n) is 9.38. The van der Waals surface area contributed by atoms with Gasteiger partial charge in [-0.05, 0) is 53.6 Å². The zero-order chi connectivity index (χ0) is 28.7. The van der Waals surface area contributed by atoms with E-state index in [0.29, 0.717) is 32.9 Å². The average molecular weight is 555 g/mol. The van der Waals surface area contributed by atoms with Crippen molar-refractivity contribution in [1.82, 2.24) is 5.32 Å². The number of nitrogens with zero attached hydrogens (tertiary/aromatic N) is 1. The van der Waals surface area contributed by atoms with Gasteiger partial charge in [0.2, 0.25) is 5.91 Å². The zero-order valence-electron chi connectivity index (χ0n) is 23.8. The van der Waals surface area contributed by atoms with Gasteiger partial charge in [0.15, 0.2) is 0 Å². The summed E-state index contributed by atoms with van der Waals surface area (Å²) in [5, 5.41) is 3.07. The standard InChI is InChI=1S/C21H26N2O4.C13H12O/c1-25-20-6-3-2-5-17(20)16-26-13-4-14-27-19-9-7-18(8-10-19)23-12-11-22-15-21(23)24;1-14-13-9-7-12(8-10-13)11-5-3-2-4-6-11/h2-3,5-10,22H,4,11-16H2,1H3;2-10H,1H3. The van der Waals surface area contributed by atoms with Crippen molar-refractivity contribution in [3.05, 3.63) is 109 Å². The van der Waals surface area contributed by atoms with Gasteiger partial charge in [0, 0.05) is 30.8 Å². The second-order valence-corrected chi connectivity index (χ2v) is 9.38.